The number of Topliss-reactive ketones (excluding diaryl/α,β-unsaturated/α-hetero) is 2. The fraction of sp³-hybridized carbons (Fsp3) is 0.853. The first-order chi connectivity index (χ1) is 20.7. The smallest absolute Gasteiger partial charge is 0.350 e. The molecule has 0 aromatic heterocycles. The SMILES string of the molecule is CC[NH2+][C@@H]1CC[C@H](CC)C[C@H]1COC(=O)[C@]12O[C@@]1(CC(CO)=C(C)CCC1CC[NH2+]C(N)C1)C(=O)C1CCCCC1C2=O. The van der Waals surface area contributed by atoms with Gasteiger partial charge in [0.05, 0.1) is 32.3 Å². The van der Waals surface area contributed by atoms with E-state index in [2.05, 4.69) is 24.5 Å². The number of rotatable bonds is 12. The first-order valence-electron chi connectivity index (χ1n) is 17.4. The number of carbonyl (C=O) groups excluding carboxylic acids is 3. The second-order valence-corrected chi connectivity index (χ2v) is 14.4. The quantitative estimate of drug-likeness (QED) is 0.114. The summed E-state index contributed by atoms with van der Waals surface area (Å²) in [7, 11) is 0. The fourth-order valence-corrected chi connectivity index (χ4v) is 9.07. The molecule has 2 saturated heterocycles. The lowest BCUT2D eigenvalue weighted by Gasteiger charge is -2.37. The van der Waals surface area contributed by atoms with Gasteiger partial charge in [-0.1, -0.05) is 31.8 Å². The van der Waals surface area contributed by atoms with Crippen LogP contribution >= 0.6 is 0 Å². The molecule has 0 amide bonds. The molecule has 7 N–H and O–H groups in total. The van der Waals surface area contributed by atoms with E-state index in [-0.39, 0.29) is 43.3 Å². The van der Waals surface area contributed by atoms with E-state index < -0.39 is 29.0 Å². The Balaban J connectivity index is 1.36. The molecule has 9 heteroatoms. The zero-order valence-corrected chi connectivity index (χ0v) is 26.8. The number of esters is 1. The van der Waals surface area contributed by atoms with E-state index in [0.717, 1.165) is 76.5 Å². The fourth-order valence-electron chi connectivity index (χ4n) is 9.07. The number of ketones is 2. The Hall–Kier alpha value is -1.65. The average molecular weight is 604 g/mol. The zero-order valence-electron chi connectivity index (χ0n) is 26.8. The second-order valence-electron chi connectivity index (χ2n) is 14.4. The maximum Gasteiger partial charge on any atom is 0.350 e. The van der Waals surface area contributed by atoms with Gasteiger partial charge in [-0.2, -0.15) is 0 Å². The molecule has 242 valence electrons. The summed E-state index contributed by atoms with van der Waals surface area (Å²) in [5.74, 6) is -0.644. The number of ether oxygens (including phenoxy) is 2. The number of hydrogen-bond donors (Lipinski definition) is 4. The molecule has 43 heavy (non-hydrogen) atoms. The second kappa shape index (κ2) is 13.8. The van der Waals surface area contributed by atoms with Crippen molar-refractivity contribution in [3.8, 4) is 0 Å². The number of aliphatic hydroxyl groups is 1. The van der Waals surface area contributed by atoms with Crippen LogP contribution in [0.5, 0.6) is 0 Å². The lowest BCUT2D eigenvalue weighted by molar-refractivity contribution is -0.699. The molecule has 5 fully saturated rings. The van der Waals surface area contributed by atoms with Crippen LogP contribution in [-0.4, -0.2) is 72.4 Å². The highest BCUT2D eigenvalue weighted by atomic mass is 16.7. The van der Waals surface area contributed by atoms with E-state index in [9.17, 15) is 19.5 Å². The number of piperidine rings is 1. The highest BCUT2D eigenvalue weighted by molar-refractivity contribution is 6.23. The predicted molar refractivity (Wildman–Crippen MR) is 161 cm³/mol. The summed E-state index contributed by atoms with van der Waals surface area (Å²) in [5, 5.41) is 15.0. The van der Waals surface area contributed by atoms with Gasteiger partial charge in [0.15, 0.2) is 17.2 Å². The van der Waals surface area contributed by atoms with Gasteiger partial charge in [0.2, 0.25) is 0 Å². The van der Waals surface area contributed by atoms with Crippen LogP contribution in [0.1, 0.15) is 104 Å². The molecule has 4 unspecified atom stereocenters. The van der Waals surface area contributed by atoms with Crippen molar-refractivity contribution < 1.29 is 39.6 Å². The molecule has 0 aromatic carbocycles. The average Bonchev–Trinajstić information content (AvgIpc) is 3.72. The van der Waals surface area contributed by atoms with E-state index in [4.69, 9.17) is 15.2 Å². The van der Waals surface area contributed by atoms with Crippen molar-refractivity contribution in [1.82, 2.24) is 0 Å². The van der Waals surface area contributed by atoms with Crippen molar-refractivity contribution in [1.29, 1.82) is 0 Å². The summed E-state index contributed by atoms with van der Waals surface area (Å²) in [6.07, 6.45) is 11.5. The summed E-state index contributed by atoms with van der Waals surface area (Å²) >= 11 is 0. The molecule has 0 bridgehead atoms. The Morgan fingerprint density at radius 3 is 2.49 bits per heavy atom. The topological polar surface area (TPSA) is 152 Å². The number of fused-ring (bicyclic) bond motifs is 2. The Bertz CT molecular complexity index is 1080. The lowest BCUT2D eigenvalue weighted by Crippen LogP contribution is -2.94. The molecule has 3 saturated carbocycles. The van der Waals surface area contributed by atoms with E-state index in [1.165, 1.54) is 6.42 Å². The maximum atomic E-state index is 14.2. The third kappa shape index (κ3) is 6.26. The van der Waals surface area contributed by atoms with Gasteiger partial charge in [0.1, 0.15) is 6.17 Å². The van der Waals surface area contributed by atoms with Gasteiger partial charge in [0, 0.05) is 30.6 Å². The highest BCUT2D eigenvalue weighted by Gasteiger charge is 2.87. The van der Waals surface area contributed by atoms with Crippen LogP contribution < -0.4 is 16.4 Å². The normalized spacial score (nSPS) is 39.9. The minimum atomic E-state index is -1.88. The minimum Gasteiger partial charge on any atom is -0.463 e. The van der Waals surface area contributed by atoms with Crippen molar-refractivity contribution >= 4 is 17.5 Å². The van der Waals surface area contributed by atoms with Gasteiger partial charge in [-0.15, -0.1) is 0 Å². The van der Waals surface area contributed by atoms with Crippen LogP contribution in [0.15, 0.2) is 11.1 Å². The van der Waals surface area contributed by atoms with Crippen molar-refractivity contribution in [2.75, 3.05) is 26.3 Å². The van der Waals surface area contributed by atoms with Crippen molar-refractivity contribution in [3.05, 3.63) is 11.1 Å². The van der Waals surface area contributed by atoms with Crippen LogP contribution in [0.3, 0.4) is 0 Å². The molecule has 2 heterocycles. The Labute approximate surface area is 257 Å². The molecule has 2 aliphatic heterocycles. The number of quaternary nitrogens is 2. The first-order valence-corrected chi connectivity index (χ1v) is 17.4. The van der Waals surface area contributed by atoms with Gasteiger partial charge in [-0.3, -0.25) is 15.3 Å². The van der Waals surface area contributed by atoms with E-state index in [1.54, 1.807) is 0 Å². The number of aliphatic hydroxyl groups excluding tert-OH is 1. The van der Waals surface area contributed by atoms with Crippen molar-refractivity contribution in [3.63, 3.8) is 0 Å². The third-order valence-corrected chi connectivity index (χ3v) is 11.9. The molecule has 9 atom stereocenters. The monoisotopic (exact) mass is 603 g/mol. The summed E-state index contributed by atoms with van der Waals surface area (Å²) in [5.41, 5.74) is 4.43. The van der Waals surface area contributed by atoms with Crippen molar-refractivity contribution in [2.45, 2.75) is 128 Å². The first kappa shape index (κ1) is 32.7. The molecule has 0 radical (unpaired) electrons. The number of hydrogen-bond acceptors (Lipinski definition) is 7. The van der Waals surface area contributed by atoms with Gasteiger partial charge in [0.25, 0.3) is 5.60 Å². The molecule has 9 nitrogen and oxygen atoms in total. The summed E-state index contributed by atoms with van der Waals surface area (Å²) < 4.78 is 12.3. The third-order valence-electron chi connectivity index (χ3n) is 11.9. The van der Waals surface area contributed by atoms with Gasteiger partial charge < -0.3 is 25.2 Å². The minimum absolute atomic E-state index is 0.0732. The number of epoxide rings is 1. The molecular weight excluding hydrogens is 546 g/mol. The largest absolute Gasteiger partial charge is 0.463 e. The standard InChI is InChI=1S/C34H55N3O6/c1-4-22-12-13-28(36-5-2)24(16-22)20-42-32(41)34-31(40)27-9-7-6-8-26(27)30(39)33(34,43-34)18-25(19-38)21(3)10-11-23-14-15-37-29(35)17-23/h22-24,26-29,36-38H,4-20,35H2,1-3H3/p+2/t22-,23?,24-,26?,27?,28+,29?,33-,34-/m0/s1. The van der Waals surface area contributed by atoms with Crippen LogP contribution in [0.2, 0.25) is 0 Å². The molecule has 0 aromatic rings. The number of carbonyl (C=O) groups is 3. The number of nitrogens with two attached hydrogens (primary N) is 3. The van der Waals surface area contributed by atoms with Crippen LogP contribution in [0, 0.1) is 29.6 Å². The maximum absolute atomic E-state index is 14.2. The molecular formula is C34H57N3O6+2. The molecule has 3 aliphatic carbocycles. The highest BCUT2D eigenvalue weighted by Crippen LogP contribution is 2.62. The zero-order chi connectivity index (χ0) is 30.8. The predicted octanol–water partition coefficient (Wildman–Crippen LogP) is 1.51. The van der Waals surface area contributed by atoms with Crippen molar-refractivity contribution in [2.24, 2.45) is 35.3 Å². The van der Waals surface area contributed by atoms with Crippen LogP contribution in [0.25, 0.3) is 0 Å². The van der Waals surface area contributed by atoms with Crippen LogP contribution in [0.4, 0.5) is 0 Å². The molecule has 5 rings (SSSR count). The van der Waals surface area contributed by atoms with Gasteiger partial charge in [-0.25, -0.2) is 4.79 Å². The van der Waals surface area contributed by atoms with Gasteiger partial charge >= 0.3 is 5.97 Å². The van der Waals surface area contributed by atoms with E-state index >= 15 is 0 Å². The molecule has 0 spiro atoms. The summed E-state index contributed by atoms with van der Waals surface area (Å²) in [6.45, 7) is 8.37. The Morgan fingerprint density at radius 1 is 1.07 bits per heavy atom. The van der Waals surface area contributed by atoms with E-state index in [1.807, 2.05) is 6.92 Å². The summed E-state index contributed by atoms with van der Waals surface area (Å²) in [6, 6.07) is 0.387. The van der Waals surface area contributed by atoms with Crippen LogP contribution in [-0.2, 0) is 23.9 Å². The summed E-state index contributed by atoms with van der Waals surface area (Å²) in [4.78, 5) is 42.4. The molecule has 5 aliphatic rings. The van der Waals surface area contributed by atoms with E-state index in [0.29, 0.717) is 36.3 Å². The Kier molecular flexibility index (Phi) is 10.5. The van der Waals surface area contributed by atoms with Gasteiger partial charge in [-0.05, 0) is 82.6 Å². The Morgan fingerprint density at radius 2 is 1.81 bits per heavy atom. The lowest BCUT2D eigenvalue weighted by atomic mass is 9.60. The number of allylic oxidation sites excluding steroid dienone is 1.